The zero-order chi connectivity index (χ0) is 54.7. The molecule has 0 aliphatic carbocycles. The number of aliphatic hydroxyl groups excluding tert-OH is 5. The minimum absolute atomic E-state index is 0.102. The highest BCUT2D eigenvalue weighted by atomic mass is 16.7. The number of hydrogen-bond donors (Lipinski definition) is 6. The molecule has 0 spiro atoms. The van der Waals surface area contributed by atoms with Crippen molar-refractivity contribution in [3.05, 3.63) is 85.1 Å². The summed E-state index contributed by atoms with van der Waals surface area (Å²) in [7, 11) is 0. The van der Waals surface area contributed by atoms with Gasteiger partial charge >= 0.3 is 5.97 Å². The Morgan fingerprint density at radius 3 is 1.40 bits per heavy atom. The maximum atomic E-state index is 13.4. The molecule has 0 aromatic heterocycles. The van der Waals surface area contributed by atoms with Gasteiger partial charge < -0.3 is 45.1 Å². The molecule has 8 unspecified atom stereocenters. The van der Waals surface area contributed by atoms with Gasteiger partial charge in [0.15, 0.2) is 12.4 Å². The van der Waals surface area contributed by atoms with Crippen LogP contribution in [-0.2, 0) is 23.8 Å². The predicted octanol–water partition coefficient (Wildman–Crippen LogP) is 14.2. The second-order valence-electron chi connectivity index (χ2n) is 20.7. The third kappa shape index (κ3) is 39.8. The number of rotatable bonds is 50. The molecule has 1 aliphatic rings. The fraction of sp³-hybridized carbons (Fsp3) is 0.750. The minimum atomic E-state index is -1.63. The summed E-state index contributed by atoms with van der Waals surface area (Å²) in [6, 6.07) is -1.04. The van der Waals surface area contributed by atoms with Crippen LogP contribution in [0.5, 0.6) is 0 Å². The van der Waals surface area contributed by atoms with E-state index in [0.717, 1.165) is 116 Å². The van der Waals surface area contributed by atoms with Crippen LogP contribution < -0.4 is 5.32 Å². The molecule has 0 radical (unpaired) electrons. The van der Waals surface area contributed by atoms with Crippen molar-refractivity contribution in [3.8, 4) is 0 Å². The SMILES string of the molecule is CCCCC/C=C\C/C=C\C/C=C\CCCCCCCCC(=O)OC1C(OCC(NC(=O)C(O)CCCCC/C=C\C/C=C\C/C=C\CCCCC)C(O)/C=C/CCCCCCCCCCC)OC(CO)C(O)C1O. The van der Waals surface area contributed by atoms with Crippen molar-refractivity contribution in [3.63, 3.8) is 0 Å². The monoisotopic (exact) mass is 1050 g/mol. The van der Waals surface area contributed by atoms with E-state index in [1.54, 1.807) is 6.08 Å². The average molecular weight is 1050 g/mol. The molecule has 8 atom stereocenters. The molecule has 0 aromatic carbocycles. The number of amides is 1. The average Bonchev–Trinajstić information content (AvgIpc) is 3.41. The van der Waals surface area contributed by atoms with E-state index < -0.39 is 67.4 Å². The summed E-state index contributed by atoms with van der Waals surface area (Å²) in [5.74, 6) is -1.23. The van der Waals surface area contributed by atoms with Crippen molar-refractivity contribution in [1.82, 2.24) is 5.32 Å². The first-order valence-electron chi connectivity index (χ1n) is 30.4. The van der Waals surface area contributed by atoms with E-state index in [4.69, 9.17) is 14.2 Å². The van der Waals surface area contributed by atoms with Crippen molar-refractivity contribution in [2.75, 3.05) is 13.2 Å². The van der Waals surface area contributed by atoms with Gasteiger partial charge in [-0.05, 0) is 103 Å². The van der Waals surface area contributed by atoms with Crippen LogP contribution in [-0.4, -0.2) is 99.6 Å². The molecular formula is C64H111NO10. The number of allylic oxidation sites excluding steroid dienone is 13. The van der Waals surface area contributed by atoms with Gasteiger partial charge in [0.05, 0.1) is 25.4 Å². The Morgan fingerprint density at radius 1 is 0.520 bits per heavy atom. The van der Waals surface area contributed by atoms with E-state index >= 15 is 0 Å². The molecule has 75 heavy (non-hydrogen) atoms. The maximum absolute atomic E-state index is 13.4. The largest absolute Gasteiger partial charge is 0.454 e. The third-order valence-corrected chi connectivity index (χ3v) is 13.8. The molecule has 1 heterocycles. The number of nitrogens with one attached hydrogen (secondary N) is 1. The lowest BCUT2D eigenvalue weighted by molar-refractivity contribution is -0.305. The zero-order valence-electron chi connectivity index (χ0n) is 47.6. The molecule has 1 aliphatic heterocycles. The molecule has 0 bridgehead atoms. The number of esters is 1. The topological polar surface area (TPSA) is 175 Å². The Morgan fingerprint density at radius 2 is 0.920 bits per heavy atom. The quantitative estimate of drug-likeness (QED) is 0.0195. The highest BCUT2D eigenvalue weighted by Gasteiger charge is 2.47. The summed E-state index contributed by atoms with van der Waals surface area (Å²) in [6.07, 6.45) is 56.1. The van der Waals surface area contributed by atoms with Crippen LogP contribution in [0.15, 0.2) is 85.1 Å². The van der Waals surface area contributed by atoms with E-state index in [1.165, 1.54) is 83.5 Å². The van der Waals surface area contributed by atoms with Crippen LogP contribution in [0.25, 0.3) is 0 Å². The summed E-state index contributed by atoms with van der Waals surface area (Å²) >= 11 is 0. The summed E-state index contributed by atoms with van der Waals surface area (Å²) in [5, 5.41) is 56.9. The number of aliphatic hydroxyl groups is 5. The van der Waals surface area contributed by atoms with E-state index in [-0.39, 0.29) is 19.4 Å². The lowest BCUT2D eigenvalue weighted by atomic mass is 9.99. The Kier molecular flexibility index (Phi) is 48.0. The predicted molar refractivity (Wildman–Crippen MR) is 310 cm³/mol. The standard InChI is InChI=1S/C64H111NO10/c1-4-7-10-13-16-19-22-24-26-28-29-30-32-34-37-40-43-46-49-52-59(69)75-62-61(71)60(70)58(53-66)74-64(62)73-54-55(56(67)50-47-44-41-38-35-21-18-15-12-9-6-3)65-63(72)57(68)51-48-45-42-39-36-33-31-27-25-23-20-17-14-11-8-5-2/h16-17,19-20,24-27,29-30,33,36,47,50,55-58,60-62,64,66-68,70-71H,4-15,18,21-23,28,31-32,34-35,37-46,48-49,51-54H2,1-3H3,(H,65,72)/b19-16-,20-17-,26-24-,27-25-,30-29-,36-33-,50-47+. The molecule has 1 saturated heterocycles. The molecule has 1 rings (SSSR count). The van der Waals surface area contributed by atoms with Gasteiger partial charge in [0.25, 0.3) is 0 Å². The minimum Gasteiger partial charge on any atom is -0.454 e. The van der Waals surface area contributed by atoms with Crippen LogP contribution in [0.1, 0.15) is 245 Å². The van der Waals surface area contributed by atoms with Gasteiger partial charge in [-0.1, -0.05) is 221 Å². The second kappa shape index (κ2) is 51.6. The lowest BCUT2D eigenvalue weighted by Crippen LogP contribution is -2.61. The van der Waals surface area contributed by atoms with Gasteiger partial charge in [-0.15, -0.1) is 0 Å². The molecule has 0 saturated carbocycles. The Labute approximate surface area is 457 Å². The number of ether oxygens (including phenoxy) is 3. The number of carbonyl (C=O) groups excluding carboxylic acids is 2. The van der Waals surface area contributed by atoms with Crippen molar-refractivity contribution >= 4 is 11.9 Å². The molecule has 1 fully saturated rings. The highest BCUT2D eigenvalue weighted by Crippen LogP contribution is 2.26. The fourth-order valence-corrected chi connectivity index (χ4v) is 8.90. The van der Waals surface area contributed by atoms with Crippen molar-refractivity contribution in [1.29, 1.82) is 0 Å². The Bertz CT molecular complexity index is 1540. The number of hydrogen-bond acceptors (Lipinski definition) is 10. The first-order chi connectivity index (χ1) is 36.7. The van der Waals surface area contributed by atoms with Crippen LogP contribution in [0.2, 0.25) is 0 Å². The third-order valence-electron chi connectivity index (χ3n) is 13.8. The molecule has 1 amide bonds. The second-order valence-corrected chi connectivity index (χ2v) is 20.7. The van der Waals surface area contributed by atoms with E-state index in [1.807, 2.05) is 6.08 Å². The van der Waals surface area contributed by atoms with E-state index in [9.17, 15) is 35.1 Å². The van der Waals surface area contributed by atoms with Gasteiger partial charge in [0.1, 0.15) is 24.4 Å². The first-order valence-corrected chi connectivity index (χ1v) is 30.4. The van der Waals surface area contributed by atoms with Crippen molar-refractivity contribution < 1.29 is 49.3 Å². The van der Waals surface area contributed by atoms with Gasteiger partial charge in [-0.2, -0.15) is 0 Å². The Balaban J connectivity index is 2.71. The van der Waals surface area contributed by atoms with Gasteiger partial charge in [-0.25, -0.2) is 0 Å². The molecule has 11 nitrogen and oxygen atoms in total. The Hall–Kier alpha value is -3.16. The fourth-order valence-electron chi connectivity index (χ4n) is 8.90. The lowest BCUT2D eigenvalue weighted by Gasteiger charge is -2.41. The number of unbranched alkanes of at least 4 members (excludes halogenated alkanes) is 24. The smallest absolute Gasteiger partial charge is 0.306 e. The van der Waals surface area contributed by atoms with Crippen LogP contribution in [0.4, 0.5) is 0 Å². The molecule has 0 aromatic rings. The molecule has 6 N–H and O–H groups in total. The van der Waals surface area contributed by atoms with Crippen LogP contribution in [0, 0.1) is 0 Å². The van der Waals surface area contributed by atoms with Crippen molar-refractivity contribution in [2.24, 2.45) is 0 Å². The molecule has 432 valence electrons. The molecule has 11 heteroatoms. The van der Waals surface area contributed by atoms with Crippen LogP contribution >= 0.6 is 0 Å². The van der Waals surface area contributed by atoms with Gasteiger partial charge in [-0.3, -0.25) is 9.59 Å². The van der Waals surface area contributed by atoms with E-state index in [0.29, 0.717) is 12.8 Å². The summed E-state index contributed by atoms with van der Waals surface area (Å²) in [6.45, 7) is 5.69. The van der Waals surface area contributed by atoms with Crippen LogP contribution in [0.3, 0.4) is 0 Å². The highest BCUT2D eigenvalue weighted by molar-refractivity contribution is 5.80. The number of carbonyl (C=O) groups is 2. The van der Waals surface area contributed by atoms with Gasteiger partial charge in [0, 0.05) is 6.42 Å². The maximum Gasteiger partial charge on any atom is 0.306 e. The summed E-state index contributed by atoms with van der Waals surface area (Å²) in [4.78, 5) is 26.5. The van der Waals surface area contributed by atoms with Crippen molar-refractivity contribution in [2.45, 2.75) is 294 Å². The zero-order valence-corrected chi connectivity index (χ0v) is 47.6. The van der Waals surface area contributed by atoms with E-state index in [2.05, 4.69) is 99.0 Å². The molecular weight excluding hydrogens is 943 g/mol. The first kappa shape index (κ1) is 69.9. The summed E-state index contributed by atoms with van der Waals surface area (Å²) < 4.78 is 17.6. The van der Waals surface area contributed by atoms with Gasteiger partial charge in [0.2, 0.25) is 5.91 Å². The normalized spacial score (nSPS) is 19.8. The summed E-state index contributed by atoms with van der Waals surface area (Å²) in [5.41, 5.74) is 0.